The molecule has 2 atom stereocenters. The van der Waals surface area contributed by atoms with Crippen molar-refractivity contribution in [1.29, 1.82) is 0 Å². The first-order valence-corrected chi connectivity index (χ1v) is 8.79. The van der Waals surface area contributed by atoms with Crippen LogP contribution in [0.2, 0.25) is 0 Å². The number of nitro groups is 1. The Morgan fingerprint density at radius 2 is 1.36 bits per heavy atom. The first kappa shape index (κ1) is 17.6. The Morgan fingerprint density at radius 3 is 1.93 bits per heavy atom. The molecule has 0 spiro atoms. The number of hydrogen-bond donors (Lipinski definition) is 0. The minimum absolute atomic E-state index is 0.0844. The minimum atomic E-state index is -0.590. The summed E-state index contributed by atoms with van der Waals surface area (Å²) in [6.07, 6.45) is 0. The molecule has 4 rings (SSSR count). The average molecular weight is 372 g/mol. The fourth-order valence-electron chi connectivity index (χ4n) is 3.39. The molecule has 0 radical (unpaired) electrons. The van der Waals surface area contributed by atoms with Gasteiger partial charge < -0.3 is 4.90 Å². The molecule has 1 heterocycles. The van der Waals surface area contributed by atoms with E-state index in [1.807, 2.05) is 36.4 Å². The minimum Gasteiger partial charge on any atom is -0.316 e. The zero-order valence-electron chi connectivity index (χ0n) is 14.8. The summed E-state index contributed by atoms with van der Waals surface area (Å²) >= 11 is 0. The maximum absolute atomic E-state index is 13.0. The number of rotatable bonds is 5. The number of carbonyl (C=O) groups is 2. The molecule has 1 amide bonds. The van der Waals surface area contributed by atoms with Crippen molar-refractivity contribution in [3.8, 4) is 0 Å². The number of Topliss-reactive ketones (excluding diaryl/α,β-unsaturated/α-hetero) is 1. The monoisotopic (exact) mass is 372 g/mol. The number of hydrogen-bond acceptors (Lipinski definition) is 4. The Kier molecular flexibility index (Phi) is 4.45. The molecule has 1 fully saturated rings. The summed E-state index contributed by atoms with van der Waals surface area (Å²) in [6, 6.07) is 22.8. The van der Waals surface area contributed by atoms with E-state index in [2.05, 4.69) is 0 Å². The number of ketones is 1. The maximum atomic E-state index is 13.0. The normalized spacial score (nSPS) is 17.8. The fraction of sp³-hybridized carbons (Fsp3) is 0.0909. The summed E-state index contributed by atoms with van der Waals surface area (Å²) in [4.78, 5) is 37.9. The van der Waals surface area contributed by atoms with Crippen molar-refractivity contribution in [1.82, 2.24) is 4.90 Å². The Labute approximate surface area is 161 Å². The van der Waals surface area contributed by atoms with E-state index in [0.717, 1.165) is 5.56 Å². The average Bonchev–Trinajstić information content (AvgIpc) is 3.49. The zero-order chi connectivity index (χ0) is 19.7. The van der Waals surface area contributed by atoms with Gasteiger partial charge in [0, 0.05) is 23.3 Å². The van der Waals surface area contributed by atoms with Gasteiger partial charge in [0.05, 0.1) is 11.0 Å². The van der Waals surface area contributed by atoms with Gasteiger partial charge in [-0.05, 0) is 17.7 Å². The topological polar surface area (TPSA) is 80.3 Å². The first-order valence-electron chi connectivity index (χ1n) is 8.79. The second-order valence-electron chi connectivity index (χ2n) is 6.55. The number of benzene rings is 3. The van der Waals surface area contributed by atoms with Gasteiger partial charge in [-0.25, -0.2) is 0 Å². The van der Waals surface area contributed by atoms with E-state index in [0.29, 0.717) is 11.1 Å². The van der Waals surface area contributed by atoms with Crippen LogP contribution in [0.4, 0.5) is 5.69 Å². The van der Waals surface area contributed by atoms with Crippen molar-refractivity contribution in [2.45, 2.75) is 12.1 Å². The van der Waals surface area contributed by atoms with Crippen molar-refractivity contribution in [3.05, 3.63) is 112 Å². The number of nitrogens with zero attached hydrogens (tertiary/aromatic N) is 2. The SMILES string of the molecule is O=C(c1ccccc1)[C@H]1[C@H](c2ccccc2)N1C(=O)c1ccc([N+](=O)[O-])cc1. The van der Waals surface area contributed by atoms with E-state index in [1.165, 1.54) is 29.2 Å². The highest BCUT2D eigenvalue weighted by molar-refractivity contribution is 6.08. The van der Waals surface area contributed by atoms with Crippen LogP contribution in [0.1, 0.15) is 32.3 Å². The molecule has 28 heavy (non-hydrogen) atoms. The summed E-state index contributed by atoms with van der Waals surface area (Å²) in [7, 11) is 0. The molecule has 1 aliphatic rings. The Morgan fingerprint density at radius 1 is 0.786 bits per heavy atom. The highest BCUT2D eigenvalue weighted by Gasteiger charge is 2.56. The molecule has 0 aromatic heterocycles. The number of amides is 1. The summed E-state index contributed by atoms with van der Waals surface area (Å²) in [6.45, 7) is 0. The summed E-state index contributed by atoms with van der Waals surface area (Å²) in [5.74, 6) is -0.442. The third-order valence-corrected chi connectivity index (χ3v) is 4.84. The molecule has 3 aromatic rings. The Balaban J connectivity index is 1.65. The van der Waals surface area contributed by atoms with Crippen LogP contribution in [0.15, 0.2) is 84.9 Å². The summed E-state index contributed by atoms with van der Waals surface area (Å²) < 4.78 is 0. The predicted octanol–water partition coefficient (Wildman–Crippen LogP) is 4.04. The van der Waals surface area contributed by atoms with E-state index in [-0.39, 0.29) is 23.4 Å². The summed E-state index contributed by atoms with van der Waals surface area (Å²) in [5.41, 5.74) is 1.66. The summed E-state index contributed by atoms with van der Waals surface area (Å²) in [5, 5.41) is 10.8. The number of non-ortho nitro benzene ring substituents is 1. The van der Waals surface area contributed by atoms with Gasteiger partial charge >= 0.3 is 0 Å². The first-order chi connectivity index (χ1) is 13.6. The van der Waals surface area contributed by atoms with Crippen molar-refractivity contribution < 1.29 is 14.5 Å². The molecule has 0 N–H and O–H groups in total. The van der Waals surface area contributed by atoms with Gasteiger partial charge in [0.2, 0.25) is 0 Å². The van der Waals surface area contributed by atoms with E-state index < -0.39 is 11.0 Å². The molecule has 138 valence electrons. The van der Waals surface area contributed by atoms with Gasteiger partial charge in [0.15, 0.2) is 5.78 Å². The molecular weight excluding hydrogens is 356 g/mol. The Bertz CT molecular complexity index is 1030. The van der Waals surface area contributed by atoms with E-state index >= 15 is 0 Å². The lowest BCUT2D eigenvalue weighted by atomic mass is 10.0. The van der Waals surface area contributed by atoms with Crippen LogP contribution in [0.3, 0.4) is 0 Å². The number of carbonyl (C=O) groups excluding carboxylic acids is 2. The van der Waals surface area contributed by atoms with Gasteiger partial charge in [-0.2, -0.15) is 0 Å². The fourth-order valence-corrected chi connectivity index (χ4v) is 3.39. The van der Waals surface area contributed by atoms with Crippen molar-refractivity contribution >= 4 is 17.4 Å². The largest absolute Gasteiger partial charge is 0.316 e. The molecule has 6 nitrogen and oxygen atoms in total. The lowest BCUT2D eigenvalue weighted by Gasteiger charge is -2.05. The molecular formula is C22H16N2O4. The standard InChI is InChI=1S/C22H16N2O4/c25-21(16-9-5-2-6-10-16)20-19(15-7-3-1-4-8-15)23(20)22(26)17-11-13-18(14-12-17)24(27)28/h1-14,19-20H/t19-,20+,23?/m0/s1. The molecule has 0 bridgehead atoms. The zero-order valence-corrected chi connectivity index (χ0v) is 14.8. The van der Waals surface area contributed by atoms with Gasteiger partial charge in [-0.3, -0.25) is 19.7 Å². The quantitative estimate of drug-likeness (QED) is 0.293. The van der Waals surface area contributed by atoms with E-state index in [1.54, 1.807) is 24.3 Å². The molecule has 0 unspecified atom stereocenters. The molecule has 0 saturated carbocycles. The highest BCUT2D eigenvalue weighted by atomic mass is 16.6. The van der Waals surface area contributed by atoms with E-state index in [9.17, 15) is 19.7 Å². The van der Waals surface area contributed by atoms with Crippen molar-refractivity contribution in [3.63, 3.8) is 0 Å². The van der Waals surface area contributed by atoms with Crippen molar-refractivity contribution in [2.75, 3.05) is 0 Å². The van der Waals surface area contributed by atoms with Crippen LogP contribution < -0.4 is 0 Å². The van der Waals surface area contributed by atoms with Gasteiger partial charge in [-0.1, -0.05) is 60.7 Å². The smallest absolute Gasteiger partial charge is 0.269 e. The Hall–Kier alpha value is -3.80. The molecule has 1 aliphatic heterocycles. The predicted molar refractivity (Wildman–Crippen MR) is 103 cm³/mol. The van der Waals surface area contributed by atoms with Crippen LogP contribution in [-0.2, 0) is 0 Å². The van der Waals surface area contributed by atoms with Crippen LogP contribution in [-0.4, -0.2) is 27.6 Å². The number of nitro benzene ring substituents is 1. The third-order valence-electron chi connectivity index (χ3n) is 4.84. The van der Waals surface area contributed by atoms with Crippen LogP contribution >= 0.6 is 0 Å². The molecule has 3 aromatic carbocycles. The van der Waals surface area contributed by atoms with Crippen molar-refractivity contribution in [2.24, 2.45) is 0 Å². The van der Waals surface area contributed by atoms with Crippen LogP contribution in [0.25, 0.3) is 0 Å². The molecule has 0 aliphatic carbocycles. The molecule has 6 heteroatoms. The van der Waals surface area contributed by atoms with Gasteiger partial charge in [-0.15, -0.1) is 0 Å². The highest BCUT2D eigenvalue weighted by Crippen LogP contribution is 2.45. The van der Waals surface area contributed by atoms with Gasteiger partial charge in [0.1, 0.15) is 6.04 Å². The second-order valence-corrected chi connectivity index (χ2v) is 6.55. The maximum Gasteiger partial charge on any atom is 0.269 e. The third kappa shape index (κ3) is 3.16. The lowest BCUT2D eigenvalue weighted by Crippen LogP contribution is -2.19. The van der Waals surface area contributed by atoms with Gasteiger partial charge in [0.25, 0.3) is 11.6 Å². The second kappa shape index (κ2) is 7.08. The van der Waals surface area contributed by atoms with Crippen LogP contribution in [0.5, 0.6) is 0 Å². The van der Waals surface area contributed by atoms with E-state index in [4.69, 9.17) is 0 Å². The molecule has 1 saturated heterocycles. The lowest BCUT2D eigenvalue weighted by molar-refractivity contribution is -0.384. The van der Waals surface area contributed by atoms with Crippen LogP contribution in [0, 0.1) is 10.1 Å².